The van der Waals surface area contributed by atoms with Gasteiger partial charge in [-0.15, -0.1) is 11.8 Å². The van der Waals surface area contributed by atoms with E-state index in [9.17, 15) is 0 Å². The number of hydrogen-bond donors (Lipinski definition) is 1. The van der Waals surface area contributed by atoms with Crippen LogP contribution in [0.5, 0.6) is 5.75 Å². The van der Waals surface area contributed by atoms with Crippen molar-refractivity contribution >= 4 is 11.8 Å². The van der Waals surface area contributed by atoms with E-state index < -0.39 is 0 Å². The number of ether oxygens (including phenoxy) is 1. The third-order valence-corrected chi connectivity index (χ3v) is 5.41. The van der Waals surface area contributed by atoms with Crippen molar-refractivity contribution in [2.45, 2.75) is 36.1 Å². The lowest BCUT2D eigenvalue weighted by Gasteiger charge is -2.24. The molecule has 0 spiro atoms. The summed E-state index contributed by atoms with van der Waals surface area (Å²) < 4.78 is 7.55. The van der Waals surface area contributed by atoms with Crippen molar-refractivity contribution in [1.29, 1.82) is 0 Å². The average molecular weight is 303 g/mol. The van der Waals surface area contributed by atoms with E-state index in [1.165, 1.54) is 10.5 Å². The number of nitrogens with one attached hydrogen (secondary N) is 1. The molecule has 0 fully saturated rings. The van der Waals surface area contributed by atoms with Crippen molar-refractivity contribution in [1.82, 2.24) is 15.1 Å². The Kier molecular flexibility index (Phi) is 4.22. The van der Waals surface area contributed by atoms with Crippen LogP contribution in [0, 0.1) is 0 Å². The van der Waals surface area contributed by atoms with Crippen molar-refractivity contribution in [3.05, 3.63) is 41.7 Å². The number of hydrogen-bond acceptors (Lipinski definition) is 4. The summed E-state index contributed by atoms with van der Waals surface area (Å²) in [5.74, 6) is 0.868. The SMILES string of the molecule is CCn1ncc(OC)c1C(NC)C1Cc2ccccc2S1. The largest absolute Gasteiger partial charge is 0.493 e. The van der Waals surface area contributed by atoms with E-state index in [0.29, 0.717) is 5.25 Å². The standard InChI is InChI=1S/C16H21N3OS/c1-4-19-16(12(20-3)10-18-19)15(17-2)14-9-11-7-5-6-8-13(11)21-14/h5-8,10,14-15,17H,4,9H2,1-3H3. The number of aromatic nitrogens is 2. The summed E-state index contributed by atoms with van der Waals surface area (Å²) in [5, 5.41) is 8.37. The lowest BCUT2D eigenvalue weighted by molar-refractivity contribution is 0.393. The van der Waals surface area contributed by atoms with Gasteiger partial charge < -0.3 is 10.1 Å². The number of thioether (sulfide) groups is 1. The van der Waals surface area contributed by atoms with E-state index in [1.54, 1.807) is 7.11 Å². The van der Waals surface area contributed by atoms with Gasteiger partial charge in [-0.05, 0) is 32.0 Å². The first-order valence-corrected chi connectivity index (χ1v) is 8.18. The molecule has 1 aliphatic heterocycles. The van der Waals surface area contributed by atoms with Gasteiger partial charge in [0.2, 0.25) is 0 Å². The second kappa shape index (κ2) is 6.12. The fourth-order valence-electron chi connectivity index (χ4n) is 2.99. The molecule has 1 aromatic carbocycles. The smallest absolute Gasteiger partial charge is 0.161 e. The lowest BCUT2D eigenvalue weighted by atomic mass is 10.0. The number of benzene rings is 1. The van der Waals surface area contributed by atoms with Gasteiger partial charge in [-0.2, -0.15) is 5.10 Å². The third kappa shape index (κ3) is 2.56. The molecule has 21 heavy (non-hydrogen) atoms. The van der Waals surface area contributed by atoms with Crippen LogP contribution in [0.3, 0.4) is 0 Å². The predicted octanol–water partition coefficient (Wildman–Crippen LogP) is 2.89. The molecule has 0 amide bonds. The van der Waals surface area contributed by atoms with Crippen molar-refractivity contribution in [2.75, 3.05) is 14.2 Å². The summed E-state index contributed by atoms with van der Waals surface area (Å²) in [4.78, 5) is 1.39. The first-order valence-electron chi connectivity index (χ1n) is 7.30. The minimum absolute atomic E-state index is 0.222. The van der Waals surface area contributed by atoms with E-state index >= 15 is 0 Å². The van der Waals surface area contributed by atoms with E-state index in [-0.39, 0.29) is 6.04 Å². The highest BCUT2D eigenvalue weighted by Crippen LogP contribution is 2.43. The molecular formula is C16H21N3OS. The molecule has 1 aliphatic rings. The Morgan fingerprint density at radius 1 is 1.48 bits per heavy atom. The first-order chi connectivity index (χ1) is 10.3. The molecule has 4 nitrogen and oxygen atoms in total. The topological polar surface area (TPSA) is 39.1 Å². The van der Waals surface area contributed by atoms with Gasteiger partial charge in [0, 0.05) is 16.7 Å². The fraction of sp³-hybridized carbons (Fsp3) is 0.438. The van der Waals surface area contributed by atoms with Crippen LogP contribution in [0.2, 0.25) is 0 Å². The highest BCUT2D eigenvalue weighted by molar-refractivity contribution is 8.00. The monoisotopic (exact) mass is 303 g/mol. The van der Waals surface area contributed by atoms with Crippen LogP contribution in [-0.2, 0) is 13.0 Å². The Bertz CT molecular complexity index is 579. The highest BCUT2D eigenvalue weighted by Gasteiger charge is 2.33. The van der Waals surface area contributed by atoms with E-state index in [1.807, 2.05) is 29.7 Å². The van der Waals surface area contributed by atoms with Crippen LogP contribution in [0.4, 0.5) is 0 Å². The summed E-state index contributed by atoms with van der Waals surface area (Å²) in [6.45, 7) is 2.96. The Morgan fingerprint density at radius 2 is 2.29 bits per heavy atom. The second-order valence-electron chi connectivity index (χ2n) is 5.15. The predicted molar refractivity (Wildman–Crippen MR) is 86.0 cm³/mol. The third-order valence-electron chi connectivity index (χ3n) is 4.01. The molecule has 0 aliphatic carbocycles. The van der Waals surface area contributed by atoms with Crippen molar-refractivity contribution in [3.8, 4) is 5.75 Å². The molecule has 112 valence electrons. The summed E-state index contributed by atoms with van der Waals surface area (Å²) in [6, 6.07) is 8.89. The molecule has 2 aromatic rings. The van der Waals surface area contributed by atoms with Gasteiger partial charge in [0.1, 0.15) is 0 Å². The molecule has 1 aromatic heterocycles. The molecule has 2 unspecified atom stereocenters. The van der Waals surface area contributed by atoms with Gasteiger partial charge in [0.05, 0.1) is 25.0 Å². The first kappa shape index (κ1) is 14.5. The van der Waals surface area contributed by atoms with Crippen LogP contribution in [0.1, 0.15) is 24.2 Å². The maximum absolute atomic E-state index is 5.51. The molecule has 3 rings (SSSR count). The minimum atomic E-state index is 0.222. The Hall–Kier alpha value is -1.46. The zero-order chi connectivity index (χ0) is 14.8. The van der Waals surface area contributed by atoms with Gasteiger partial charge in [-0.1, -0.05) is 18.2 Å². The molecule has 0 bridgehead atoms. The van der Waals surface area contributed by atoms with Gasteiger partial charge in [0.25, 0.3) is 0 Å². The van der Waals surface area contributed by atoms with Crippen LogP contribution in [0.25, 0.3) is 0 Å². The van der Waals surface area contributed by atoms with Crippen molar-refractivity contribution in [2.24, 2.45) is 0 Å². The molecule has 1 N–H and O–H groups in total. The summed E-state index contributed by atoms with van der Waals surface area (Å²) >= 11 is 1.95. The quantitative estimate of drug-likeness (QED) is 0.922. The number of aryl methyl sites for hydroxylation is 1. The van der Waals surface area contributed by atoms with E-state index in [4.69, 9.17) is 4.74 Å². The molecule has 0 radical (unpaired) electrons. The van der Waals surface area contributed by atoms with E-state index in [2.05, 4.69) is 41.6 Å². The van der Waals surface area contributed by atoms with Gasteiger partial charge in [0.15, 0.2) is 5.75 Å². The molecule has 5 heteroatoms. The Morgan fingerprint density at radius 3 is 2.95 bits per heavy atom. The molecule has 2 atom stereocenters. The second-order valence-corrected chi connectivity index (χ2v) is 6.43. The molecule has 0 saturated carbocycles. The van der Waals surface area contributed by atoms with Gasteiger partial charge in [-0.3, -0.25) is 4.68 Å². The van der Waals surface area contributed by atoms with Crippen LogP contribution in [-0.4, -0.2) is 29.2 Å². The zero-order valence-corrected chi connectivity index (χ0v) is 13.5. The average Bonchev–Trinajstić information content (AvgIpc) is 3.11. The van der Waals surface area contributed by atoms with Crippen LogP contribution in [0.15, 0.2) is 35.4 Å². The Balaban J connectivity index is 1.92. The molecule has 2 heterocycles. The number of rotatable bonds is 5. The summed E-state index contributed by atoms with van der Waals surface area (Å²) in [6.07, 6.45) is 2.89. The molecular weight excluding hydrogens is 282 g/mol. The van der Waals surface area contributed by atoms with Crippen molar-refractivity contribution in [3.63, 3.8) is 0 Å². The van der Waals surface area contributed by atoms with Crippen LogP contribution < -0.4 is 10.1 Å². The zero-order valence-electron chi connectivity index (χ0n) is 12.7. The number of fused-ring (bicyclic) bond motifs is 1. The normalized spacial score (nSPS) is 18.5. The maximum atomic E-state index is 5.51. The number of nitrogens with zero attached hydrogens (tertiary/aromatic N) is 2. The maximum Gasteiger partial charge on any atom is 0.161 e. The lowest BCUT2D eigenvalue weighted by Crippen LogP contribution is -2.30. The summed E-state index contributed by atoms with van der Waals surface area (Å²) in [7, 11) is 3.73. The van der Waals surface area contributed by atoms with Gasteiger partial charge in [-0.25, -0.2) is 0 Å². The number of methoxy groups -OCH3 is 1. The highest BCUT2D eigenvalue weighted by atomic mass is 32.2. The van der Waals surface area contributed by atoms with Gasteiger partial charge >= 0.3 is 0 Å². The van der Waals surface area contributed by atoms with E-state index in [0.717, 1.165) is 24.4 Å². The fourth-order valence-corrected chi connectivity index (χ4v) is 4.44. The minimum Gasteiger partial charge on any atom is -0.493 e. The molecule has 0 saturated heterocycles. The summed E-state index contributed by atoms with van der Waals surface area (Å²) in [5.41, 5.74) is 2.59. The van der Waals surface area contributed by atoms with Crippen LogP contribution >= 0.6 is 11.8 Å². The van der Waals surface area contributed by atoms with Crippen molar-refractivity contribution < 1.29 is 4.74 Å². The Labute approximate surface area is 129 Å².